The monoisotopic (exact) mass is 378 g/mol. The molecular weight excluding hydrogens is 352 g/mol. The first-order valence-corrected chi connectivity index (χ1v) is 9.71. The van der Waals surface area contributed by atoms with E-state index in [0.29, 0.717) is 35.1 Å². The van der Waals surface area contributed by atoms with Crippen LogP contribution < -0.4 is 10.6 Å². The molecule has 28 heavy (non-hydrogen) atoms. The van der Waals surface area contributed by atoms with Crippen molar-refractivity contribution in [1.82, 2.24) is 15.3 Å². The Balaban J connectivity index is 1.65. The maximum Gasteiger partial charge on any atom is 0.270 e. The van der Waals surface area contributed by atoms with E-state index in [1.54, 1.807) is 24.3 Å². The van der Waals surface area contributed by atoms with Crippen LogP contribution in [0.1, 0.15) is 65.6 Å². The topological polar surface area (TPSA) is 84.0 Å². The van der Waals surface area contributed by atoms with Crippen LogP contribution in [0, 0.1) is 6.92 Å². The zero-order valence-electron chi connectivity index (χ0n) is 16.4. The zero-order valence-corrected chi connectivity index (χ0v) is 16.4. The second-order valence-corrected chi connectivity index (χ2v) is 7.09. The van der Waals surface area contributed by atoms with Crippen LogP contribution in [0.25, 0.3) is 0 Å². The second kappa shape index (κ2) is 9.26. The van der Waals surface area contributed by atoms with Crippen molar-refractivity contribution in [2.24, 2.45) is 0 Å². The molecule has 1 amide bonds. The molecule has 2 N–H and O–H groups in total. The standard InChI is InChI=1S/C22H26N4O2/c1-15-13-20(21(28)23-12-11-17-7-4-3-5-8-17)26-22(24-15)25-19-10-6-9-18(14-19)16(2)27/h6-7,9-10,13-14H,3-5,8,11-12H2,1-2H3,(H,23,28)(H,24,25,26). The highest BCUT2D eigenvalue weighted by molar-refractivity contribution is 5.95. The number of aromatic nitrogens is 2. The Hall–Kier alpha value is -3.02. The minimum absolute atomic E-state index is 0.0121. The van der Waals surface area contributed by atoms with Crippen molar-refractivity contribution in [2.45, 2.75) is 46.0 Å². The number of allylic oxidation sites excluding steroid dienone is 1. The van der Waals surface area contributed by atoms with Crippen molar-refractivity contribution < 1.29 is 9.59 Å². The van der Waals surface area contributed by atoms with E-state index in [1.165, 1.54) is 25.3 Å². The van der Waals surface area contributed by atoms with Gasteiger partial charge >= 0.3 is 0 Å². The van der Waals surface area contributed by atoms with E-state index in [0.717, 1.165) is 19.3 Å². The number of carbonyl (C=O) groups is 2. The van der Waals surface area contributed by atoms with E-state index >= 15 is 0 Å². The molecule has 0 unspecified atom stereocenters. The minimum Gasteiger partial charge on any atom is -0.350 e. The molecule has 0 atom stereocenters. The number of aryl methyl sites for hydroxylation is 1. The molecule has 2 aromatic rings. The molecule has 0 spiro atoms. The number of Topliss-reactive ketones (excluding diaryl/α,β-unsaturated/α-hetero) is 1. The molecule has 6 heteroatoms. The van der Waals surface area contributed by atoms with Crippen molar-refractivity contribution in [3.05, 3.63) is 58.9 Å². The van der Waals surface area contributed by atoms with Gasteiger partial charge in [-0.25, -0.2) is 9.97 Å². The molecule has 0 fully saturated rings. The van der Waals surface area contributed by atoms with Gasteiger partial charge in [0, 0.05) is 23.5 Å². The first-order chi connectivity index (χ1) is 13.5. The van der Waals surface area contributed by atoms with Crippen LogP contribution in [0.3, 0.4) is 0 Å². The van der Waals surface area contributed by atoms with Gasteiger partial charge in [0.2, 0.25) is 5.95 Å². The Labute approximate surface area is 165 Å². The fourth-order valence-corrected chi connectivity index (χ4v) is 3.24. The number of carbonyl (C=O) groups excluding carboxylic acids is 2. The van der Waals surface area contributed by atoms with Gasteiger partial charge in [-0.05, 0) is 64.2 Å². The average Bonchev–Trinajstić information content (AvgIpc) is 2.68. The molecule has 146 valence electrons. The van der Waals surface area contributed by atoms with E-state index in [2.05, 4.69) is 26.7 Å². The van der Waals surface area contributed by atoms with Crippen LogP contribution in [0.15, 0.2) is 42.0 Å². The summed E-state index contributed by atoms with van der Waals surface area (Å²) in [5.74, 6) is 0.116. The van der Waals surface area contributed by atoms with Crippen LogP contribution >= 0.6 is 0 Å². The molecule has 1 aromatic heterocycles. The molecule has 0 saturated carbocycles. The second-order valence-electron chi connectivity index (χ2n) is 7.09. The Kier molecular flexibility index (Phi) is 6.53. The van der Waals surface area contributed by atoms with Gasteiger partial charge in [0.1, 0.15) is 5.69 Å². The van der Waals surface area contributed by atoms with Gasteiger partial charge in [0.25, 0.3) is 5.91 Å². The fraction of sp³-hybridized carbons (Fsp3) is 0.364. The molecule has 3 rings (SSSR count). The number of rotatable bonds is 7. The van der Waals surface area contributed by atoms with Crippen molar-refractivity contribution >= 4 is 23.3 Å². The van der Waals surface area contributed by atoms with E-state index in [1.807, 2.05) is 13.0 Å². The Morgan fingerprint density at radius 1 is 1.14 bits per heavy atom. The highest BCUT2D eigenvalue weighted by Gasteiger charge is 2.12. The number of hydrogen-bond acceptors (Lipinski definition) is 5. The molecule has 1 aromatic carbocycles. The summed E-state index contributed by atoms with van der Waals surface area (Å²) in [7, 11) is 0. The number of anilines is 2. The summed E-state index contributed by atoms with van der Waals surface area (Å²) in [5, 5.41) is 6.03. The molecule has 1 aliphatic rings. The van der Waals surface area contributed by atoms with Gasteiger partial charge in [-0.3, -0.25) is 9.59 Å². The Bertz CT molecular complexity index is 905. The normalized spacial score (nSPS) is 13.6. The number of nitrogens with zero attached hydrogens (tertiary/aromatic N) is 2. The van der Waals surface area contributed by atoms with Gasteiger partial charge in [0.15, 0.2) is 5.78 Å². The number of benzene rings is 1. The molecule has 1 aliphatic carbocycles. The number of amides is 1. The molecule has 0 bridgehead atoms. The van der Waals surface area contributed by atoms with E-state index < -0.39 is 0 Å². The van der Waals surface area contributed by atoms with Gasteiger partial charge in [-0.1, -0.05) is 23.8 Å². The summed E-state index contributed by atoms with van der Waals surface area (Å²) in [6, 6.07) is 8.79. The van der Waals surface area contributed by atoms with Gasteiger partial charge in [0.05, 0.1) is 0 Å². The molecule has 6 nitrogen and oxygen atoms in total. The van der Waals surface area contributed by atoms with Crippen LogP contribution in [-0.2, 0) is 0 Å². The van der Waals surface area contributed by atoms with Crippen molar-refractivity contribution in [2.75, 3.05) is 11.9 Å². The predicted octanol–water partition coefficient (Wildman–Crippen LogP) is 4.35. The van der Waals surface area contributed by atoms with Crippen LogP contribution in [0.4, 0.5) is 11.6 Å². The lowest BCUT2D eigenvalue weighted by Gasteiger charge is -2.13. The third-order valence-corrected chi connectivity index (χ3v) is 4.73. The third kappa shape index (κ3) is 5.49. The van der Waals surface area contributed by atoms with E-state index in [4.69, 9.17) is 0 Å². The quantitative estimate of drug-likeness (QED) is 0.553. The predicted molar refractivity (Wildman–Crippen MR) is 110 cm³/mol. The van der Waals surface area contributed by atoms with Gasteiger partial charge in [-0.15, -0.1) is 0 Å². The molecular formula is C22H26N4O2. The summed E-state index contributed by atoms with van der Waals surface area (Å²) >= 11 is 0. The summed E-state index contributed by atoms with van der Waals surface area (Å²) in [6.07, 6.45) is 7.97. The van der Waals surface area contributed by atoms with Crippen LogP contribution in [-0.4, -0.2) is 28.2 Å². The average molecular weight is 378 g/mol. The number of ketones is 1. The van der Waals surface area contributed by atoms with Gasteiger partial charge < -0.3 is 10.6 Å². The third-order valence-electron chi connectivity index (χ3n) is 4.73. The Morgan fingerprint density at radius 2 is 2.00 bits per heavy atom. The number of hydrogen-bond donors (Lipinski definition) is 2. The van der Waals surface area contributed by atoms with Crippen LogP contribution in [0.5, 0.6) is 0 Å². The van der Waals surface area contributed by atoms with Crippen molar-refractivity contribution in [1.29, 1.82) is 0 Å². The summed E-state index contributed by atoms with van der Waals surface area (Å²) in [6.45, 7) is 3.95. The largest absolute Gasteiger partial charge is 0.350 e. The maximum atomic E-state index is 12.5. The Morgan fingerprint density at radius 3 is 2.75 bits per heavy atom. The summed E-state index contributed by atoms with van der Waals surface area (Å²) in [4.78, 5) is 32.7. The molecule has 0 aliphatic heterocycles. The highest BCUT2D eigenvalue weighted by atomic mass is 16.1. The lowest BCUT2D eigenvalue weighted by molar-refractivity contribution is 0.0948. The zero-order chi connectivity index (χ0) is 19.9. The lowest BCUT2D eigenvalue weighted by Crippen LogP contribution is -2.26. The lowest BCUT2D eigenvalue weighted by atomic mass is 9.97. The first kappa shape index (κ1) is 19.7. The SMILES string of the molecule is CC(=O)c1cccc(Nc2nc(C)cc(C(=O)NCCC3=CCCCC3)n2)c1. The van der Waals surface area contributed by atoms with E-state index in [9.17, 15) is 9.59 Å². The maximum absolute atomic E-state index is 12.5. The molecule has 1 heterocycles. The minimum atomic E-state index is -0.206. The fourth-order valence-electron chi connectivity index (χ4n) is 3.24. The molecule has 0 radical (unpaired) electrons. The van der Waals surface area contributed by atoms with Crippen molar-refractivity contribution in [3.8, 4) is 0 Å². The van der Waals surface area contributed by atoms with Crippen molar-refractivity contribution in [3.63, 3.8) is 0 Å². The number of nitrogens with one attached hydrogen (secondary N) is 2. The van der Waals surface area contributed by atoms with Crippen LogP contribution in [0.2, 0.25) is 0 Å². The molecule has 0 saturated heterocycles. The first-order valence-electron chi connectivity index (χ1n) is 9.71. The summed E-state index contributed by atoms with van der Waals surface area (Å²) < 4.78 is 0. The smallest absolute Gasteiger partial charge is 0.270 e. The highest BCUT2D eigenvalue weighted by Crippen LogP contribution is 2.19. The van der Waals surface area contributed by atoms with E-state index in [-0.39, 0.29) is 11.7 Å². The van der Waals surface area contributed by atoms with Gasteiger partial charge in [-0.2, -0.15) is 0 Å². The summed E-state index contributed by atoms with van der Waals surface area (Å²) in [5.41, 5.74) is 3.76.